The van der Waals surface area contributed by atoms with Gasteiger partial charge in [0.15, 0.2) is 0 Å². The number of rotatable bonds is 1. The zero-order chi connectivity index (χ0) is 9.78. The average Bonchev–Trinajstić information content (AvgIpc) is 2.33. The SMILES string of the molecule is CC(C)C1(C(F)(F)F)CC1(C)C. The topological polar surface area (TPSA) is 0 Å². The zero-order valence-corrected chi connectivity index (χ0v) is 7.92. The van der Waals surface area contributed by atoms with E-state index in [9.17, 15) is 13.2 Å². The average molecular weight is 180 g/mol. The maximum Gasteiger partial charge on any atom is 0.395 e. The Kier molecular flexibility index (Phi) is 1.79. The standard InChI is InChI=1S/C9H15F3/c1-6(2)8(9(10,11)12)5-7(8,3)4/h6H,5H2,1-4H3. The Morgan fingerprint density at radius 2 is 1.50 bits per heavy atom. The third kappa shape index (κ3) is 0.979. The maximum atomic E-state index is 12.6. The third-order valence-corrected chi connectivity index (χ3v) is 3.29. The maximum absolute atomic E-state index is 12.6. The second-order valence-corrected chi connectivity index (χ2v) is 4.68. The van der Waals surface area contributed by atoms with Crippen LogP contribution in [0.25, 0.3) is 0 Å². The van der Waals surface area contributed by atoms with Gasteiger partial charge in [-0.3, -0.25) is 0 Å². The Bertz CT molecular complexity index is 190. The van der Waals surface area contributed by atoms with E-state index >= 15 is 0 Å². The van der Waals surface area contributed by atoms with Crippen molar-refractivity contribution < 1.29 is 13.2 Å². The monoisotopic (exact) mass is 180 g/mol. The molecular formula is C9H15F3. The van der Waals surface area contributed by atoms with Crippen molar-refractivity contribution in [1.82, 2.24) is 0 Å². The van der Waals surface area contributed by atoms with E-state index in [1.54, 1.807) is 27.7 Å². The molecule has 0 aromatic carbocycles. The van der Waals surface area contributed by atoms with Crippen LogP contribution in [0, 0.1) is 16.7 Å². The Morgan fingerprint density at radius 1 is 1.17 bits per heavy atom. The van der Waals surface area contributed by atoms with Crippen LogP contribution in [0.1, 0.15) is 34.1 Å². The van der Waals surface area contributed by atoms with Gasteiger partial charge >= 0.3 is 6.18 Å². The zero-order valence-electron chi connectivity index (χ0n) is 7.92. The van der Waals surface area contributed by atoms with E-state index in [1.807, 2.05) is 0 Å². The van der Waals surface area contributed by atoms with Crippen LogP contribution in [0.5, 0.6) is 0 Å². The highest BCUT2D eigenvalue weighted by Crippen LogP contribution is 2.74. The fraction of sp³-hybridized carbons (Fsp3) is 1.00. The van der Waals surface area contributed by atoms with Gasteiger partial charge in [0.25, 0.3) is 0 Å². The van der Waals surface area contributed by atoms with Crippen molar-refractivity contribution in [3.63, 3.8) is 0 Å². The summed E-state index contributed by atoms with van der Waals surface area (Å²) in [6.45, 7) is 6.70. The van der Waals surface area contributed by atoms with E-state index in [-0.39, 0.29) is 12.3 Å². The Hall–Kier alpha value is -0.210. The van der Waals surface area contributed by atoms with E-state index in [0.29, 0.717) is 0 Å². The van der Waals surface area contributed by atoms with E-state index in [0.717, 1.165) is 0 Å². The molecule has 0 amide bonds. The first kappa shape index (κ1) is 9.87. The molecule has 0 heterocycles. The van der Waals surface area contributed by atoms with Crippen LogP contribution in [-0.2, 0) is 0 Å². The first-order valence-corrected chi connectivity index (χ1v) is 4.22. The molecule has 1 fully saturated rings. The van der Waals surface area contributed by atoms with Gasteiger partial charge < -0.3 is 0 Å². The van der Waals surface area contributed by atoms with Crippen LogP contribution in [0.3, 0.4) is 0 Å². The second kappa shape index (κ2) is 2.18. The molecule has 1 aliphatic rings. The van der Waals surface area contributed by atoms with E-state index in [2.05, 4.69) is 0 Å². The van der Waals surface area contributed by atoms with Gasteiger partial charge in [-0.15, -0.1) is 0 Å². The van der Waals surface area contributed by atoms with Gasteiger partial charge in [-0.1, -0.05) is 27.7 Å². The predicted molar refractivity (Wildman–Crippen MR) is 41.7 cm³/mol. The van der Waals surface area contributed by atoms with Gasteiger partial charge in [-0.05, 0) is 17.8 Å². The lowest BCUT2D eigenvalue weighted by Crippen LogP contribution is -2.33. The van der Waals surface area contributed by atoms with E-state index in [4.69, 9.17) is 0 Å². The first-order chi connectivity index (χ1) is 5.15. The Morgan fingerprint density at radius 3 is 1.50 bits per heavy atom. The molecule has 1 rings (SSSR count). The number of alkyl halides is 3. The van der Waals surface area contributed by atoms with Crippen molar-refractivity contribution in [3.8, 4) is 0 Å². The second-order valence-electron chi connectivity index (χ2n) is 4.68. The molecule has 12 heavy (non-hydrogen) atoms. The summed E-state index contributed by atoms with van der Waals surface area (Å²) < 4.78 is 37.9. The van der Waals surface area contributed by atoms with Crippen molar-refractivity contribution in [2.75, 3.05) is 0 Å². The molecule has 1 saturated carbocycles. The number of hydrogen-bond acceptors (Lipinski definition) is 0. The van der Waals surface area contributed by atoms with Gasteiger partial charge in [-0.2, -0.15) is 13.2 Å². The van der Waals surface area contributed by atoms with Crippen molar-refractivity contribution in [2.24, 2.45) is 16.7 Å². The molecule has 0 radical (unpaired) electrons. The summed E-state index contributed by atoms with van der Waals surface area (Å²) in [6.07, 6.45) is -3.76. The minimum Gasteiger partial charge on any atom is -0.170 e. The van der Waals surface area contributed by atoms with Crippen molar-refractivity contribution in [3.05, 3.63) is 0 Å². The van der Waals surface area contributed by atoms with Crippen LogP contribution in [0.4, 0.5) is 13.2 Å². The molecule has 0 spiro atoms. The summed E-state index contributed by atoms with van der Waals surface area (Å²) >= 11 is 0. The minimum atomic E-state index is -4.04. The van der Waals surface area contributed by atoms with Gasteiger partial charge in [0.1, 0.15) is 0 Å². The quantitative estimate of drug-likeness (QED) is 0.578. The fourth-order valence-electron chi connectivity index (χ4n) is 2.45. The molecule has 1 aliphatic carbocycles. The molecule has 0 aliphatic heterocycles. The van der Waals surface area contributed by atoms with Crippen LogP contribution in [0.15, 0.2) is 0 Å². The smallest absolute Gasteiger partial charge is 0.170 e. The molecule has 1 unspecified atom stereocenters. The summed E-state index contributed by atoms with van der Waals surface area (Å²) in [4.78, 5) is 0. The molecule has 1 atom stereocenters. The molecule has 0 saturated heterocycles. The van der Waals surface area contributed by atoms with E-state index in [1.165, 1.54) is 0 Å². The third-order valence-electron chi connectivity index (χ3n) is 3.29. The lowest BCUT2D eigenvalue weighted by atomic mass is 9.84. The van der Waals surface area contributed by atoms with Crippen molar-refractivity contribution >= 4 is 0 Å². The molecular weight excluding hydrogens is 165 g/mol. The number of halogens is 3. The highest BCUT2D eigenvalue weighted by molar-refractivity contribution is 5.14. The lowest BCUT2D eigenvalue weighted by Gasteiger charge is -2.27. The first-order valence-electron chi connectivity index (χ1n) is 4.22. The normalized spacial score (nSPS) is 34.0. The van der Waals surface area contributed by atoms with Gasteiger partial charge in [0.2, 0.25) is 0 Å². The summed E-state index contributed by atoms with van der Waals surface area (Å²) in [5.74, 6) is -0.313. The number of hydrogen-bond donors (Lipinski definition) is 0. The van der Waals surface area contributed by atoms with Crippen molar-refractivity contribution in [1.29, 1.82) is 0 Å². The Balaban J connectivity index is 2.95. The van der Waals surface area contributed by atoms with Crippen LogP contribution < -0.4 is 0 Å². The van der Waals surface area contributed by atoms with E-state index < -0.39 is 17.0 Å². The van der Waals surface area contributed by atoms with Crippen LogP contribution in [-0.4, -0.2) is 6.18 Å². The molecule has 0 bridgehead atoms. The van der Waals surface area contributed by atoms with Crippen molar-refractivity contribution in [2.45, 2.75) is 40.3 Å². The van der Waals surface area contributed by atoms with Gasteiger partial charge in [0, 0.05) is 0 Å². The Labute approximate surface area is 71.1 Å². The molecule has 0 nitrogen and oxygen atoms in total. The highest BCUT2D eigenvalue weighted by atomic mass is 19.4. The molecule has 0 aromatic heterocycles. The minimum absolute atomic E-state index is 0.279. The highest BCUT2D eigenvalue weighted by Gasteiger charge is 2.76. The van der Waals surface area contributed by atoms with Crippen LogP contribution >= 0.6 is 0 Å². The predicted octanol–water partition coefficient (Wildman–Crippen LogP) is 3.62. The summed E-state index contributed by atoms with van der Waals surface area (Å²) in [5, 5.41) is 0. The lowest BCUT2D eigenvalue weighted by molar-refractivity contribution is -0.210. The molecule has 72 valence electrons. The van der Waals surface area contributed by atoms with Gasteiger partial charge in [-0.25, -0.2) is 0 Å². The molecule has 3 heteroatoms. The largest absolute Gasteiger partial charge is 0.395 e. The van der Waals surface area contributed by atoms with Crippen LogP contribution in [0.2, 0.25) is 0 Å². The summed E-state index contributed by atoms with van der Waals surface area (Å²) in [6, 6.07) is 0. The summed E-state index contributed by atoms with van der Waals surface area (Å²) in [5.41, 5.74) is -1.97. The molecule has 0 N–H and O–H groups in total. The molecule has 0 aromatic rings. The summed E-state index contributed by atoms with van der Waals surface area (Å²) in [7, 11) is 0. The fourth-order valence-corrected chi connectivity index (χ4v) is 2.45. The van der Waals surface area contributed by atoms with Gasteiger partial charge in [0.05, 0.1) is 5.41 Å².